The maximum Gasteiger partial charge on any atom is 0.257 e. The highest BCUT2D eigenvalue weighted by Crippen LogP contribution is 2.28. The first-order chi connectivity index (χ1) is 12.8. The van der Waals surface area contributed by atoms with Crippen LogP contribution in [0.3, 0.4) is 0 Å². The number of halogens is 1. The predicted octanol–water partition coefficient (Wildman–Crippen LogP) is 4.02. The van der Waals surface area contributed by atoms with Gasteiger partial charge in [-0.1, -0.05) is 19.9 Å². The Morgan fingerprint density at radius 3 is 2.48 bits per heavy atom. The Kier molecular flexibility index (Phi) is 7.55. The van der Waals surface area contributed by atoms with E-state index < -0.39 is 0 Å². The van der Waals surface area contributed by atoms with Gasteiger partial charge in [-0.05, 0) is 65.1 Å². The van der Waals surface area contributed by atoms with Crippen LogP contribution in [0.2, 0.25) is 0 Å². The zero-order valence-corrected chi connectivity index (χ0v) is 18.1. The summed E-state index contributed by atoms with van der Waals surface area (Å²) in [6.07, 6.45) is 0. The maximum atomic E-state index is 12.2. The van der Waals surface area contributed by atoms with Gasteiger partial charge in [-0.25, -0.2) is 0 Å². The third kappa shape index (κ3) is 6.17. The van der Waals surface area contributed by atoms with Crippen molar-refractivity contribution in [1.82, 2.24) is 5.32 Å². The van der Waals surface area contributed by atoms with Crippen LogP contribution in [0.1, 0.15) is 24.2 Å². The number of hydrogen-bond acceptors (Lipinski definition) is 4. The van der Waals surface area contributed by atoms with Gasteiger partial charge < -0.3 is 15.4 Å². The van der Waals surface area contributed by atoms with Gasteiger partial charge in [0.2, 0.25) is 5.91 Å². The quantitative estimate of drug-likeness (QED) is 0.430. The number of anilines is 2. The number of rotatable bonds is 5. The highest BCUT2D eigenvalue weighted by Gasteiger charge is 2.13. The van der Waals surface area contributed by atoms with Crippen LogP contribution in [0, 0.1) is 9.49 Å². The standard InChI is InChI=1S/C19H20IN3O3S/c1-11(2)17(24)22-15-8-7-14(10-16(15)26-3)21-19(27)23-18(25)12-5-4-6-13(20)9-12/h4-11H,1-3H3,(H,22,24)(H2,21,23,25,27). The number of ether oxygens (including phenoxy) is 1. The third-order valence-electron chi connectivity index (χ3n) is 3.56. The Labute approximate surface area is 177 Å². The molecule has 0 spiro atoms. The smallest absolute Gasteiger partial charge is 0.257 e. The summed E-state index contributed by atoms with van der Waals surface area (Å²) in [5.74, 6) is -0.0508. The average Bonchev–Trinajstić information content (AvgIpc) is 2.62. The molecule has 0 aliphatic heterocycles. The number of nitrogens with one attached hydrogen (secondary N) is 3. The first-order valence-electron chi connectivity index (χ1n) is 8.17. The molecule has 8 heteroatoms. The van der Waals surface area contributed by atoms with E-state index in [9.17, 15) is 9.59 Å². The molecule has 142 valence electrons. The highest BCUT2D eigenvalue weighted by molar-refractivity contribution is 14.1. The number of benzene rings is 2. The molecule has 0 aliphatic carbocycles. The van der Waals surface area contributed by atoms with Crippen LogP contribution in [0.4, 0.5) is 11.4 Å². The van der Waals surface area contributed by atoms with E-state index in [4.69, 9.17) is 17.0 Å². The topological polar surface area (TPSA) is 79.5 Å². The minimum absolute atomic E-state index is 0.103. The first-order valence-corrected chi connectivity index (χ1v) is 9.65. The monoisotopic (exact) mass is 497 g/mol. The molecule has 2 aromatic rings. The van der Waals surface area contributed by atoms with Crippen LogP contribution in [-0.4, -0.2) is 24.0 Å². The molecular weight excluding hydrogens is 477 g/mol. The van der Waals surface area contributed by atoms with E-state index in [0.29, 0.717) is 22.7 Å². The molecule has 0 radical (unpaired) electrons. The highest BCUT2D eigenvalue weighted by atomic mass is 127. The molecule has 2 rings (SSSR count). The molecule has 0 fully saturated rings. The summed E-state index contributed by atoms with van der Waals surface area (Å²) in [5.41, 5.74) is 1.72. The number of methoxy groups -OCH3 is 1. The Balaban J connectivity index is 2.05. The van der Waals surface area contributed by atoms with E-state index in [1.807, 2.05) is 26.0 Å². The van der Waals surface area contributed by atoms with Crippen LogP contribution >= 0.6 is 34.8 Å². The third-order valence-corrected chi connectivity index (χ3v) is 4.43. The molecule has 2 aromatic carbocycles. The van der Waals surface area contributed by atoms with Gasteiger partial charge in [0, 0.05) is 26.8 Å². The zero-order valence-electron chi connectivity index (χ0n) is 15.1. The van der Waals surface area contributed by atoms with Gasteiger partial charge in [-0.2, -0.15) is 0 Å². The fourth-order valence-corrected chi connectivity index (χ4v) is 2.87. The number of amides is 2. The van der Waals surface area contributed by atoms with E-state index in [2.05, 4.69) is 38.5 Å². The maximum absolute atomic E-state index is 12.2. The van der Waals surface area contributed by atoms with Crippen LogP contribution in [0.5, 0.6) is 5.75 Å². The van der Waals surface area contributed by atoms with Crippen molar-refractivity contribution in [1.29, 1.82) is 0 Å². The van der Waals surface area contributed by atoms with Crippen molar-refractivity contribution in [3.8, 4) is 5.75 Å². The lowest BCUT2D eigenvalue weighted by Crippen LogP contribution is -2.34. The van der Waals surface area contributed by atoms with Gasteiger partial charge in [0.05, 0.1) is 12.8 Å². The van der Waals surface area contributed by atoms with Crippen LogP contribution in [0.15, 0.2) is 42.5 Å². The van der Waals surface area contributed by atoms with Gasteiger partial charge in [0.15, 0.2) is 5.11 Å². The molecule has 0 unspecified atom stereocenters. The van der Waals surface area contributed by atoms with Gasteiger partial charge in [-0.15, -0.1) is 0 Å². The largest absolute Gasteiger partial charge is 0.494 e. The van der Waals surface area contributed by atoms with Crippen molar-refractivity contribution in [2.75, 3.05) is 17.7 Å². The van der Waals surface area contributed by atoms with Crippen molar-refractivity contribution in [2.24, 2.45) is 5.92 Å². The molecule has 0 aromatic heterocycles. The SMILES string of the molecule is COc1cc(NC(=S)NC(=O)c2cccc(I)c2)ccc1NC(=O)C(C)C. The Morgan fingerprint density at radius 2 is 1.85 bits per heavy atom. The lowest BCUT2D eigenvalue weighted by molar-refractivity contribution is -0.118. The summed E-state index contributed by atoms with van der Waals surface area (Å²) in [6.45, 7) is 3.62. The fourth-order valence-electron chi connectivity index (χ4n) is 2.12. The Bertz CT molecular complexity index is 871. The van der Waals surface area contributed by atoms with E-state index in [1.54, 1.807) is 30.3 Å². The molecular formula is C19H20IN3O3S. The second-order valence-electron chi connectivity index (χ2n) is 5.98. The summed E-state index contributed by atoms with van der Waals surface area (Å²) in [6, 6.07) is 12.3. The van der Waals surface area contributed by atoms with Crippen molar-refractivity contribution < 1.29 is 14.3 Å². The summed E-state index contributed by atoms with van der Waals surface area (Å²) < 4.78 is 6.29. The van der Waals surface area contributed by atoms with Crippen molar-refractivity contribution >= 4 is 63.1 Å². The van der Waals surface area contributed by atoms with E-state index in [1.165, 1.54) is 7.11 Å². The van der Waals surface area contributed by atoms with Crippen molar-refractivity contribution in [3.05, 3.63) is 51.6 Å². The average molecular weight is 497 g/mol. The fraction of sp³-hybridized carbons (Fsp3) is 0.211. The summed E-state index contributed by atoms with van der Waals surface area (Å²) in [7, 11) is 1.52. The second kappa shape index (κ2) is 9.65. The minimum Gasteiger partial charge on any atom is -0.494 e. The predicted molar refractivity (Wildman–Crippen MR) is 119 cm³/mol. The Hall–Kier alpha value is -2.20. The lowest BCUT2D eigenvalue weighted by atomic mass is 10.2. The number of hydrogen-bond donors (Lipinski definition) is 3. The van der Waals surface area contributed by atoms with Crippen molar-refractivity contribution in [2.45, 2.75) is 13.8 Å². The molecule has 27 heavy (non-hydrogen) atoms. The van der Waals surface area contributed by atoms with E-state index in [-0.39, 0.29) is 22.8 Å². The molecule has 0 saturated heterocycles. The van der Waals surface area contributed by atoms with Gasteiger partial charge in [0.1, 0.15) is 5.75 Å². The molecule has 0 bridgehead atoms. The number of carbonyl (C=O) groups excluding carboxylic acids is 2. The van der Waals surface area contributed by atoms with E-state index >= 15 is 0 Å². The first kappa shape index (κ1) is 21.1. The van der Waals surface area contributed by atoms with Crippen LogP contribution < -0.4 is 20.7 Å². The molecule has 3 N–H and O–H groups in total. The summed E-state index contributed by atoms with van der Waals surface area (Å²) >= 11 is 7.35. The number of thiocarbonyl (C=S) groups is 1. The van der Waals surface area contributed by atoms with Crippen LogP contribution in [0.25, 0.3) is 0 Å². The normalized spacial score (nSPS) is 10.3. The Morgan fingerprint density at radius 1 is 1.11 bits per heavy atom. The number of carbonyl (C=O) groups is 2. The van der Waals surface area contributed by atoms with Gasteiger partial charge >= 0.3 is 0 Å². The molecule has 0 heterocycles. The van der Waals surface area contributed by atoms with Crippen molar-refractivity contribution in [3.63, 3.8) is 0 Å². The van der Waals surface area contributed by atoms with Gasteiger partial charge in [0.25, 0.3) is 5.91 Å². The van der Waals surface area contributed by atoms with Gasteiger partial charge in [-0.3, -0.25) is 14.9 Å². The second-order valence-corrected chi connectivity index (χ2v) is 7.63. The van der Waals surface area contributed by atoms with E-state index in [0.717, 1.165) is 3.57 Å². The minimum atomic E-state index is -0.293. The molecule has 0 aliphatic rings. The zero-order chi connectivity index (χ0) is 20.0. The molecule has 2 amide bonds. The summed E-state index contributed by atoms with van der Waals surface area (Å²) in [5, 5.41) is 8.55. The molecule has 0 atom stereocenters. The summed E-state index contributed by atoms with van der Waals surface area (Å²) in [4.78, 5) is 24.1. The molecule has 0 saturated carbocycles. The van der Waals surface area contributed by atoms with Crippen LogP contribution in [-0.2, 0) is 4.79 Å². The lowest BCUT2D eigenvalue weighted by Gasteiger charge is -2.15. The molecule has 6 nitrogen and oxygen atoms in total.